The molecule has 0 aromatic heterocycles. The van der Waals surface area contributed by atoms with Crippen LogP contribution in [0.25, 0.3) is 0 Å². The van der Waals surface area contributed by atoms with E-state index < -0.39 is 6.10 Å². The number of halogens is 1. The van der Waals surface area contributed by atoms with Crippen molar-refractivity contribution in [1.82, 2.24) is 0 Å². The standard InChI is InChI=1S/C20H19ClO5/c1-3-24-14-4-5-15-17(8-14)26-19(11(2)18(15)22)16-7-13(21)6-12-9-23-10-25-20(12)16/h4-8,11,19H,3,9-10H2,1-2H3. The zero-order valence-electron chi connectivity index (χ0n) is 14.6. The highest BCUT2D eigenvalue weighted by atomic mass is 35.5. The molecule has 2 aromatic carbocycles. The molecule has 0 fully saturated rings. The van der Waals surface area contributed by atoms with Crippen LogP contribution >= 0.6 is 11.6 Å². The first-order valence-corrected chi connectivity index (χ1v) is 8.97. The first-order valence-electron chi connectivity index (χ1n) is 8.59. The Hall–Kier alpha value is -2.24. The van der Waals surface area contributed by atoms with Crippen molar-refractivity contribution in [3.63, 3.8) is 0 Å². The van der Waals surface area contributed by atoms with Gasteiger partial charge in [0.25, 0.3) is 0 Å². The monoisotopic (exact) mass is 374 g/mol. The van der Waals surface area contributed by atoms with Gasteiger partial charge in [-0.2, -0.15) is 0 Å². The molecule has 2 aromatic rings. The van der Waals surface area contributed by atoms with Crippen LogP contribution in [0.5, 0.6) is 17.2 Å². The average Bonchev–Trinajstić information content (AvgIpc) is 2.64. The van der Waals surface area contributed by atoms with Crippen LogP contribution < -0.4 is 14.2 Å². The molecule has 0 bridgehead atoms. The van der Waals surface area contributed by atoms with Crippen LogP contribution in [0.4, 0.5) is 0 Å². The largest absolute Gasteiger partial charge is 0.494 e. The lowest BCUT2D eigenvalue weighted by Crippen LogP contribution is -2.30. The normalized spacial score (nSPS) is 21.3. The molecule has 2 heterocycles. The Balaban J connectivity index is 1.78. The molecule has 2 aliphatic heterocycles. The van der Waals surface area contributed by atoms with Crippen LogP contribution in [-0.2, 0) is 11.3 Å². The number of hydrogen-bond acceptors (Lipinski definition) is 5. The van der Waals surface area contributed by atoms with Gasteiger partial charge in [0.1, 0.15) is 23.4 Å². The van der Waals surface area contributed by atoms with Gasteiger partial charge in [0.05, 0.1) is 24.7 Å². The van der Waals surface area contributed by atoms with Crippen molar-refractivity contribution >= 4 is 17.4 Å². The SMILES string of the molecule is CCOc1ccc2c(c1)OC(c1cc(Cl)cc3c1OCOC3)C(C)C2=O. The molecule has 0 radical (unpaired) electrons. The van der Waals surface area contributed by atoms with E-state index in [1.54, 1.807) is 24.3 Å². The minimum Gasteiger partial charge on any atom is -0.494 e. The second kappa shape index (κ2) is 6.82. The highest BCUT2D eigenvalue weighted by Gasteiger charge is 2.38. The summed E-state index contributed by atoms with van der Waals surface area (Å²) in [5.41, 5.74) is 2.19. The van der Waals surface area contributed by atoms with Crippen LogP contribution in [-0.4, -0.2) is 19.2 Å². The molecule has 136 valence electrons. The molecule has 2 atom stereocenters. The van der Waals surface area contributed by atoms with Crippen molar-refractivity contribution in [3.05, 3.63) is 52.0 Å². The number of rotatable bonds is 3. The van der Waals surface area contributed by atoms with Crippen LogP contribution in [0.15, 0.2) is 30.3 Å². The summed E-state index contributed by atoms with van der Waals surface area (Å²) in [5, 5.41) is 0.560. The zero-order valence-corrected chi connectivity index (χ0v) is 15.3. The zero-order chi connectivity index (χ0) is 18.3. The maximum atomic E-state index is 12.9. The second-order valence-corrected chi connectivity index (χ2v) is 6.81. The van der Waals surface area contributed by atoms with E-state index in [1.807, 2.05) is 19.9 Å². The maximum absolute atomic E-state index is 12.9. The van der Waals surface area contributed by atoms with Crippen molar-refractivity contribution in [1.29, 1.82) is 0 Å². The second-order valence-electron chi connectivity index (χ2n) is 6.38. The Morgan fingerprint density at radius 2 is 2.12 bits per heavy atom. The van der Waals surface area contributed by atoms with Gasteiger partial charge < -0.3 is 18.9 Å². The van der Waals surface area contributed by atoms with Crippen LogP contribution in [0.2, 0.25) is 5.02 Å². The molecular weight excluding hydrogens is 356 g/mol. The van der Waals surface area contributed by atoms with E-state index in [2.05, 4.69) is 0 Å². The number of Topliss-reactive ketones (excluding diaryl/α,β-unsaturated/α-hetero) is 1. The molecule has 4 rings (SSSR count). The number of fused-ring (bicyclic) bond motifs is 2. The fourth-order valence-corrected chi connectivity index (χ4v) is 3.68. The molecule has 6 heteroatoms. The van der Waals surface area contributed by atoms with E-state index in [0.717, 1.165) is 11.1 Å². The number of hydrogen-bond donors (Lipinski definition) is 0. The lowest BCUT2D eigenvalue weighted by Gasteiger charge is -2.33. The maximum Gasteiger partial charge on any atom is 0.189 e. The van der Waals surface area contributed by atoms with Crippen molar-refractivity contribution in [2.75, 3.05) is 13.4 Å². The van der Waals surface area contributed by atoms with Gasteiger partial charge in [0, 0.05) is 22.2 Å². The summed E-state index contributed by atoms with van der Waals surface area (Å²) >= 11 is 6.28. The summed E-state index contributed by atoms with van der Waals surface area (Å²) in [5.74, 6) is 1.54. The Labute approximate surface area is 156 Å². The first kappa shape index (κ1) is 17.2. The lowest BCUT2D eigenvalue weighted by atomic mass is 9.86. The number of benzene rings is 2. The summed E-state index contributed by atoms with van der Waals surface area (Å²) in [6, 6.07) is 8.93. The van der Waals surface area contributed by atoms with Gasteiger partial charge in [0.2, 0.25) is 0 Å². The van der Waals surface area contributed by atoms with Gasteiger partial charge in [-0.15, -0.1) is 0 Å². The number of carbonyl (C=O) groups excluding carboxylic acids is 1. The third kappa shape index (κ3) is 2.91. The van der Waals surface area contributed by atoms with Crippen LogP contribution in [0, 0.1) is 5.92 Å². The fraction of sp³-hybridized carbons (Fsp3) is 0.350. The van der Waals surface area contributed by atoms with Crippen LogP contribution in [0.1, 0.15) is 41.4 Å². The lowest BCUT2D eigenvalue weighted by molar-refractivity contribution is -0.0189. The smallest absolute Gasteiger partial charge is 0.189 e. The van der Waals surface area contributed by atoms with Gasteiger partial charge in [-0.1, -0.05) is 18.5 Å². The Kier molecular flexibility index (Phi) is 4.51. The van der Waals surface area contributed by atoms with Crippen molar-refractivity contribution < 1.29 is 23.7 Å². The molecular formula is C20H19ClO5. The van der Waals surface area contributed by atoms with E-state index in [0.29, 0.717) is 41.0 Å². The van der Waals surface area contributed by atoms with E-state index >= 15 is 0 Å². The van der Waals surface area contributed by atoms with Gasteiger partial charge in [-0.25, -0.2) is 0 Å². The summed E-state index contributed by atoms with van der Waals surface area (Å²) in [6.45, 7) is 4.90. The molecule has 0 amide bonds. The van der Waals surface area contributed by atoms with Gasteiger partial charge in [-0.3, -0.25) is 4.79 Å². The number of carbonyl (C=O) groups is 1. The Morgan fingerprint density at radius 3 is 2.92 bits per heavy atom. The molecule has 0 spiro atoms. The predicted octanol–water partition coefficient (Wildman–Crippen LogP) is 4.56. The van der Waals surface area contributed by atoms with Crippen molar-refractivity contribution in [2.45, 2.75) is 26.6 Å². The van der Waals surface area contributed by atoms with E-state index in [9.17, 15) is 4.79 Å². The molecule has 26 heavy (non-hydrogen) atoms. The molecule has 2 aliphatic rings. The minimum absolute atomic E-state index is 0.0279. The predicted molar refractivity (Wildman–Crippen MR) is 96.2 cm³/mol. The Bertz CT molecular complexity index is 864. The van der Waals surface area contributed by atoms with E-state index in [1.165, 1.54) is 0 Å². The highest BCUT2D eigenvalue weighted by Crippen LogP contribution is 2.45. The summed E-state index contributed by atoms with van der Waals surface area (Å²) in [6.07, 6.45) is -0.488. The quantitative estimate of drug-likeness (QED) is 0.788. The van der Waals surface area contributed by atoms with Gasteiger partial charge in [0.15, 0.2) is 12.6 Å². The Morgan fingerprint density at radius 1 is 1.27 bits per heavy atom. The van der Waals surface area contributed by atoms with Crippen LogP contribution in [0.3, 0.4) is 0 Å². The van der Waals surface area contributed by atoms with Crippen molar-refractivity contribution in [3.8, 4) is 17.2 Å². The number of ether oxygens (including phenoxy) is 4. The first-order chi connectivity index (χ1) is 12.6. The molecule has 5 nitrogen and oxygen atoms in total. The molecule has 0 N–H and O–H groups in total. The third-order valence-corrected chi connectivity index (χ3v) is 4.88. The summed E-state index contributed by atoms with van der Waals surface area (Å²) < 4.78 is 22.8. The topological polar surface area (TPSA) is 54.0 Å². The van der Waals surface area contributed by atoms with Crippen molar-refractivity contribution in [2.24, 2.45) is 5.92 Å². The molecule has 0 saturated carbocycles. The third-order valence-electron chi connectivity index (χ3n) is 4.66. The fourth-order valence-electron chi connectivity index (χ4n) is 3.43. The highest BCUT2D eigenvalue weighted by molar-refractivity contribution is 6.30. The number of ketones is 1. The molecule has 0 aliphatic carbocycles. The molecule has 0 saturated heterocycles. The van der Waals surface area contributed by atoms with E-state index in [-0.39, 0.29) is 18.5 Å². The summed E-state index contributed by atoms with van der Waals surface area (Å²) in [4.78, 5) is 12.9. The molecule has 2 unspecified atom stereocenters. The van der Waals surface area contributed by atoms with E-state index in [4.69, 9.17) is 30.5 Å². The summed E-state index contributed by atoms with van der Waals surface area (Å²) in [7, 11) is 0. The van der Waals surface area contributed by atoms with Gasteiger partial charge in [-0.05, 0) is 31.2 Å². The average molecular weight is 375 g/mol. The van der Waals surface area contributed by atoms with Gasteiger partial charge >= 0.3 is 0 Å². The minimum atomic E-state index is -0.488.